The van der Waals surface area contributed by atoms with Gasteiger partial charge in [0.15, 0.2) is 6.04 Å². The van der Waals surface area contributed by atoms with E-state index in [0.717, 1.165) is 16.0 Å². The van der Waals surface area contributed by atoms with Crippen molar-refractivity contribution in [1.82, 2.24) is 0 Å². The zero-order valence-electron chi connectivity index (χ0n) is 14.4. The quantitative estimate of drug-likeness (QED) is 0.754. The Morgan fingerprint density at radius 2 is 1.59 bits per heavy atom. The number of anilines is 1. The minimum atomic E-state index is -0.755. The van der Waals surface area contributed by atoms with Crippen LogP contribution in [0.1, 0.15) is 17.2 Å². The summed E-state index contributed by atoms with van der Waals surface area (Å²) in [7, 11) is 0. The van der Waals surface area contributed by atoms with E-state index in [2.05, 4.69) is 0 Å². The zero-order valence-corrected chi connectivity index (χ0v) is 14.4. The van der Waals surface area contributed by atoms with Crippen molar-refractivity contribution >= 4 is 29.5 Å². The fourth-order valence-corrected chi connectivity index (χ4v) is 4.91. The summed E-state index contributed by atoms with van der Waals surface area (Å²) in [4.78, 5) is 40.9. The summed E-state index contributed by atoms with van der Waals surface area (Å²) in [5.41, 5.74) is 8.21. The van der Waals surface area contributed by atoms with Gasteiger partial charge in [-0.25, -0.2) is 4.90 Å². The van der Waals surface area contributed by atoms with Gasteiger partial charge < -0.3 is 5.73 Å². The number of hydrogen-bond acceptors (Lipinski definition) is 3. The summed E-state index contributed by atoms with van der Waals surface area (Å²) in [5.74, 6) is -2.50. The maximum absolute atomic E-state index is 13.3. The predicted octanol–water partition coefficient (Wildman–Crippen LogP) is 0.270. The number of rotatable bonds is 2. The van der Waals surface area contributed by atoms with Gasteiger partial charge in [-0.2, -0.15) is 0 Å². The van der Waals surface area contributed by atoms with Crippen LogP contribution in [0.2, 0.25) is 0 Å². The Hall–Kier alpha value is -3.25. The fourth-order valence-electron chi connectivity index (χ4n) is 4.91. The number of imide groups is 1. The molecule has 1 unspecified atom stereocenters. The number of nitrogens with one attached hydrogen (secondary N) is 1. The fraction of sp³-hybridized carbons (Fsp3) is 0.190. The molecule has 6 nitrogen and oxygen atoms in total. The molecule has 3 amide bonds. The van der Waals surface area contributed by atoms with Crippen molar-refractivity contribution in [3.63, 3.8) is 0 Å². The van der Waals surface area contributed by atoms with Crippen LogP contribution in [0.25, 0.3) is 6.08 Å². The zero-order chi connectivity index (χ0) is 18.7. The minimum Gasteiger partial charge on any atom is -0.364 e. The van der Waals surface area contributed by atoms with Gasteiger partial charge in [0.2, 0.25) is 11.8 Å². The lowest BCUT2D eigenvalue weighted by Crippen LogP contribution is -3.12. The number of primary amides is 1. The van der Waals surface area contributed by atoms with Crippen molar-refractivity contribution in [1.29, 1.82) is 0 Å². The molecule has 3 aliphatic rings. The number of benzene rings is 2. The Morgan fingerprint density at radius 3 is 2.33 bits per heavy atom. The first kappa shape index (κ1) is 16.0. The second-order valence-corrected chi connectivity index (χ2v) is 7.22. The molecule has 0 saturated carbocycles. The monoisotopic (exact) mass is 360 g/mol. The van der Waals surface area contributed by atoms with Crippen molar-refractivity contribution in [2.75, 3.05) is 4.90 Å². The van der Waals surface area contributed by atoms with Crippen LogP contribution >= 0.6 is 0 Å². The van der Waals surface area contributed by atoms with Crippen LogP contribution in [-0.2, 0) is 14.4 Å². The van der Waals surface area contributed by atoms with Gasteiger partial charge in [0.25, 0.3) is 5.91 Å². The lowest BCUT2D eigenvalue weighted by molar-refractivity contribution is -0.884. The second kappa shape index (κ2) is 5.62. The van der Waals surface area contributed by atoms with Crippen molar-refractivity contribution in [3.05, 3.63) is 71.9 Å². The molecule has 2 saturated heterocycles. The van der Waals surface area contributed by atoms with Crippen LogP contribution in [0.15, 0.2) is 60.8 Å². The third kappa shape index (κ3) is 2.07. The first-order chi connectivity index (χ1) is 13.1. The highest BCUT2D eigenvalue weighted by molar-refractivity contribution is 6.23. The standard InChI is InChI=1S/C21H17N3O3/c22-19(25)18-16-15(17-14-9-5-4-6-12(14)10-11-23(17)18)20(26)24(21(16)27)13-7-2-1-3-8-13/h1-11,15-18H,(H2,22,25)/p+1/t15-,16-,17+,18+/m1/s1. The van der Waals surface area contributed by atoms with E-state index in [1.54, 1.807) is 24.3 Å². The van der Waals surface area contributed by atoms with Crippen molar-refractivity contribution < 1.29 is 19.3 Å². The lowest BCUT2D eigenvalue weighted by Gasteiger charge is -2.29. The molecule has 3 heterocycles. The van der Waals surface area contributed by atoms with Gasteiger partial charge in [-0.1, -0.05) is 42.5 Å². The molecular formula is C21H18N3O3+. The smallest absolute Gasteiger partial charge is 0.277 e. The van der Waals surface area contributed by atoms with Crippen LogP contribution in [-0.4, -0.2) is 23.8 Å². The third-order valence-electron chi connectivity index (χ3n) is 5.94. The number of para-hydroxylation sites is 1. The SMILES string of the molecule is NC(=O)[C@@H]1[C@@H]2C(=O)N(c3ccccc3)C(=O)[C@H]2[C@@H]2c3ccccc3C=C[NH+]12. The molecule has 0 radical (unpaired) electrons. The maximum Gasteiger partial charge on any atom is 0.277 e. The molecule has 0 bridgehead atoms. The van der Waals surface area contributed by atoms with Gasteiger partial charge in [0, 0.05) is 5.56 Å². The largest absolute Gasteiger partial charge is 0.364 e. The van der Waals surface area contributed by atoms with Crippen LogP contribution in [0.3, 0.4) is 0 Å². The van der Waals surface area contributed by atoms with Crippen LogP contribution in [0.5, 0.6) is 0 Å². The maximum atomic E-state index is 13.3. The van der Waals surface area contributed by atoms with Gasteiger partial charge in [-0.15, -0.1) is 0 Å². The number of quaternary nitrogens is 1. The number of nitrogens with zero attached hydrogens (tertiary/aromatic N) is 1. The Bertz CT molecular complexity index is 1000. The van der Waals surface area contributed by atoms with Crippen LogP contribution in [0.4, 0.5) is 5.69 Å². The topological polar surface area (TPSA) is 84.9 Å². The summed E-state index contributed by atoms with van der Waals surface area (Å²) in [6.45, 7) is 0. The van der Waals surface area contributed by atoms with Crippen LogP contribution < -0.4 is 15.5 Å². The molecule has 27 heavy (non-hydrogen) atoms. The molecule has 2 fully saturated rings. The number of carbonyl (C=O) groups is 3. The van der Waals surface area contributed by atoms with Crippen molar-refractivity contribution in [3.8, 4) is 0 Å². The third-order valence-corrected chi connectivity index (χ3v) is 5.94. The molecule has 3 aliphatic heterocycles. The number of fused-ring (bicyclic) bond motifs is 5. The van der Waals surface area contributed by atoms with Gasteiger partial charge in [-0.05, 0) is 23.8 Å². The van der Waals surface area contributed by atoms with E-state index in [-0.39, 0.29) is 17.9 Å². The highest BCUT2D eigenvalue weighted by Gasteiger charge is 2.67. The van der Waals surface area contributed by atoms with Crippen molar-refractivity contribution in [2.45, 2.75) is 12.1 Å². The van der Waals surface area contributed by atoms with Gasteiger partial charge in [0.1, 0.15) is 17.9 Å². The molecule has 2 aromatic carbocycles. The van der Waals surface area contributed by atoms with E-state index >= 15 is 0 Å². The minimum absolute atomic E-state index is 0.257. The normalized spacial score (nSPS) is 30.8. The number of nitrogens with two attached hydrogens (primary N) is 1. The first-order valence-corrected chi connectivity index (χ1v) is 8.95. The van der Waals surface area contributed by atoms with Gasteiger partial charge in [0.05, 0.1) is 11.9 Å². The molecule has 5 rings (SSSR count). The molecule has 0 aliphatic carbocycles. The van der Waals surface area contributed by atoms with Gasteiger partial charge >= 0.3 is 0 Å². The summed E-state index contributed by atoms with van der Waals surface area (Å²) >= 11 is 0. The van der Waals surface area contributed by atoms with Crippen LogP contribution in [0, 0.1) is 11.8 Å². The first-order valence-electron chi connectivity index (χ1n) is 8.95. The van der Waals surface area contributed by atoms with E-state index in [4.69, 9.17) is 5.73 Å². The Balaban J connectivity index is 1.67. The van der Waals surface area contributed by atoms with E-state index in [1.807, 2.05) is 42.6 Å². The Morgan fingerprint density at radius 1 is 0.926 bits per heavy atom. The molecular weight excluding hydrogens is 342 g/mol. The van der Waals surface area contributed by atoms with Crippen molar-refractivity contribution in [2.24, 2.45) is 17.6 Å². The molecule has 3 N–H and O–H groups in total. The molecule has 0 spiro atoms. The Labute approximate surface area is 155 Å². The summed E-state index contributed by atoms with van der Waals surface area (Å²) in [6.07, 6.45) is 3.80. The summed E-state index contributed by atoms with van der Waals surface area (Å²) in [5, 5.41) is 0. The summed E-state index contributed by atoms with van der Waals surface area (Å²) in [6, 6.07) is 15.6. The number of hydrogen-bond donors (Lipinski definition) is 2. The molecule has 6 heteroatoms. The average Bonchev–Trinajstić information content (AvgIpc) is 3.16. The molecule has 5 atom stereocenters. The predicted molar refractivity (Wildman–Crippen MR) is 98.1 cm³/mol. The number of amides is 3. The van der Waals surface area contributed by atoms with Gasteiger partial charge in [-0.3, -0.25) is 19.3 Å². The van der Waals surface area contributed by atoms with E-state index in [9.17, 15) is 14.4 Å². The molecule has 134 valence electrons. The molecule has 0 aromatic heterocycles. The number of carbonyl (C=O) groups excluding carboxylic acids is 3. The Kier molecular flexibility index (Phi) is 3.32. The summed E-state index contributed by atoms with van der Waals surface area (Å²) < 4.78 is 0. The average molecular weight is 360 g/mol. The van der Waals surface area contributed by atoms with E-state index in [1.165, 1.54) is 4.90 Å². The van der Waals surface area contributed by atoms with E-state index < -0.39 is 23.8 Å². The van der Waals surface area contributed by atoms with E-state index in [0.29, 0.717) is 5.69 Å². The lowest BCUT2D eigenvalue weighted by atomic mass is 9.84. The second-order valence-electron chi connectivity index (χ2n) is 7.22. The highest BCUT2D eigenvalue weighted by Crippen LogP contribution is 2.44. The molecule has 2 aromatic rings. The highest BCUT2D eigenvalue weighted by atomic mass is 16.2.